The number of aliphatic hydroxyl groups excluding tert-OH is 1. The average molecular weight is 222 g/mol. The molecule has 4 nitrogen and oxygen atoms in total. The largest absolute Gasteiger partial charge is 0.496 e. The first-order valence-corrected chi connectivity index (χ1v) is 5.15. The molecule has 0 fully saturated rings. The molecule has 0 saturated carbocycles. The number of carbonyl (C=O) groups excluding carboxylic acids is 1. The van der Waals surface area contributed by atoms with Crippen molar-refractivity contribution in [2.75, 3.05) is 13.7 Å². The van der Waals surface area contributed by atoms with Crippen LogP contribution in [-0.2, 0) is 11.2 Å². The van der Waals surface area contributed by atoms with E-state index in [1.165, 1.54) is 7.11 Å². The van der Waals surface area contributed by atoms with Crippen LogP contribution in [0.15, 0.2) is 12.1 Å². The molecular weight excluding hydrogens is 208 g/mol. The van der Waals surface area contributed by atoms with E-state index in [1.54, 1.807) is 6.07 Å². The topological polar surface area (TPSA) is 55.8 Å². The highest BCUT2D eigenvalue weighted by atomic mass is 16.6. The number of hydrogen-bond acceptors (Lipinski definition) is 4. The number of carbonyl (C=O) groups is 1. The van der Waals surface area contributed by atoms with E-state index in [0.717, 1.165) is 11.1 Å². The van der Waals surface area contributed by atoms with Crippen molar-refractivity contribution in [1.82, 2.24) is 0 Å². The Balaban J connectivity index is 2.51. The van der Waals surface area contributed by atoms with Gasteiger partial charge in [-0.15, -0.1) is 0 Å². The van der Waals surface area contributed by atoms with Gasteiger partial charge in [0.1, 0.15) is 17.4 Å². The maximum absolute atomic E-state index is 11.7. The second kappa shape index (κ2) is 4.14. The van der Waals surface area contributed by atoms with Crippen LogP contribution in [-0.4, -0.2) is 30.9 Å². The summed E-state index contributed by atoms with van der Waals surface area (Å²) in [5, 5.41) is 9.02. The molecule has 1 N–H and O–H groups in total. The fraction of sp³-hybridized carbons (Fsp3) is 0.417. The average Bonchev–Trinajstić information content (AvgIpc) is 2.26. The Labute approximate surface area is 93.8 Å². The van der Waals surface area contributed by atoms with Gasteiger partial charge >= 0.3 is 5.97 Å². The molecule has 1 heterocycles. The van der Waals surface area contributed by atoms with E-state index in [0.29, 0.717) is 17.7 Å². The molecule has 16 heavy (non-hydrogen) atoms. The molecule has 0 spiro atoms. The standard InChI is InChI=1S/C12H14O4/c1-7-3-8-5-9(6-13)16-12(14)11(8)10(4-7)15-2/h3-4,9,13H,5-6H2,1-2H3. The van der Waals surface area contributed by atoms with E-state index >= 15 is 0 Å². The van der Waals surface area contributed by atoms with Crippen LogP contribution in [0.2, 0.25) is 0 Å². The third kappa shape index (κ3) is 1.76. The number of methoxy groups -OCH3 is 1. The van der Waals surface area contributed by atoms with E-state index in [1.807, 2.05) is 13.0 Å². The number of esters is 1. The lowest BCUT2D eigenvalue weighted by Crippen LogP contribution is -2.30. The van der Waals surface area contributed by atoms with Crippen LogP contribution in [0.5, 0.6) is 5.75 Å². The molecule has 86 valence electrons. The molecule has 0 radical (unpaired) electrons. The van der Waals surface area contributed by atoms with Crippen LogP contribution >= 0.6 is 0 Å². The Morgan fingerprint density at radius 1 is 1.56 bits per heavy atom. The number of ether oxygens (including phenoxy) is 2. The van der Waals surface area contributed by atoms with Crippen LogP contribution in [0.1, 0.15) is 21.5 Å². The van der Waals surface area contributed by atoms with Crippen LogP contribution in [0.25, 0.3) is 0 Å². The van der Waals surface area contributed by atoms with Gasteiger partial charge in [-0.25, -0.2) is 4.79 Å². The summed E-state index contributed by atoms with van der Waals surface area (Å²) in [4.78, 5) is 11.7. The molecule has 2 rings (SSSR count). The predicted octanol–water partition coefficient (Wildman–Crippen LogP) is 1.08. The molecule has 0 aliphatic carbocycles. The van der Waals surface area contributed by atoms with Gasteiger partial charge in [0.05, 0.1) is 13.7 Å². The first-order chi connectivity index (χ1) is 7.65. The zero-order valence-electron chi connectivity index (χ0n) is 9.32. The van der Waals surface area contributed by atoms with Crippen LogP contribution in [0, 0.1) is 6.92 Å². The Bertz CT molecular complexity index is 425. The van der Waals surface area contributed by atoms with Crippen molar-refractivity contribution in [1.29, 1.82) is 0 Å². The predicted molar refractivity (Wildman–Crippen MR) is 57.7 cm³/mol. The Morgan fingerprint density at radius 3 is 2.94 bits per heavy atom. The third-order valence-corrected chi connectivity index (χ3v) is 2.68. The van der Waals surface area contributed by atoms with Crippen molar-refractivity contribution in [3.63, 3.8) is 0 Å². The van der Waals surface area contributed by atoms with E-state index in [2.05, 4.69) is 0 Å². The molecular formula is C12H14O4. The fourth-order valence-electron chi connectivity index (χ4n) is 1.98. The van der Waals surface area contributed by atoms with E-state index < -0.39 is 12.1 Å². The minimum atomic E-state index is -0.438. The number of aryl methyl sites for hydroxylation is 1. The van der Waals surface area contributed by atoms with E-state index in [-0.39, 0.29) is 6.61 Å². The summed E-state index contributed by atoms with van der Waals surface area (Å²) in [6, 6.07) is 3.74. The molecule has 0 saturated heterocycles. The van der Waals surface area contributed by atoms with Gasteiger partial charge in [0, 0.05) is 6.42 Å². The number of hydrogen-bond donors (Lipinski definition) is 1. The third-order valence-electron chi connectivity index (χ3n) is 2.68. The molecule has 1 aliphatic rings. The highest BCUT2D eigenvalue weighted by Crippen LogP contribution is 2.30. The summed E-state index contributed by atoms with van der Waals surface area (Å²) in [5.74, 6) is 0.119. The van der Waals surface area contributed by atoms with Crippen LogP contribution in [0.3, 0.4) is 0 Å². The fourth-order valence-corrected chi connectivity index (χ4v) is 1.98. The minimum Gasteiger partial charge on any atom is -0.496 e. The van der Waals surface area contributed by atoms with Gasteiger partial charge in [-0.05, 0) is 24.1 Å². The van der Waals surface area contributed by atoms with Gasteiger partial charge in [-0.2, -0.15) is 0 Å². The summed E-state index contributed by atoms with van der Waals surface area (Å²) >= 11 is 0. The quantitative estimate of drug-likeness (QED) is 0.761. The van der Waals surface area contributed by atoms with Gasteiger partial charge in [0.15, 0.2) is 0 Å². The summed E-state index contributed by atoms with van der Waals surface area (Å²) in [6.45, 7) is 1.79. The first kappa shape index (κ1) is 11.0. The van der Waals surface area contributed by atoms with Crippen molar-refractivity contribution >= 4 is 5.97 Å². The van der Waals surface area contributed by atoms with E-state index in [4.69, 9.17) is 14.6 Å². The van der Waals surface area contributed by atoms with Crippen molar-refractivity contribution in [2.45, 2.75) is 19.4 Å². The van der Waals surface area contributed by atoms with Crippen molar-refractivity contribution < 1.29 is 19.4 Å². The SMILES string of the molecule is COc1cc(C)cc2c1C(=O)OC(CO)C2. The summed E-state index contributed by atoms with van der Waals surface area (Å²) in [7, 11) is 1.53. The maximum Gasteiger partial charge on any atom is 0.342 e. The summed E-state index contributed by atoms with van der Waals surface area (Å²) < 4.78 is 10.2. The lowest BCUT2D eigenvalue weighted by molar-refractivity contribution is 0.00897. The van der Waals surface area contributed by atoms with Gasteiger partial charge in [-0.3, -0.25) is 0 Å². The maximum atomic E-state index is 11.7. The molecule has 1 atom stereocenters. The zero-order chi connectivity index (χ0) is 11.7. The van der Waals surface area contributed by atoms with E-state index in [9.17, 15) is 4.79 Å². The van der Waals surface area contributed by atoms with Crippen molar-refractivity contribution in [3.05, 3.63) is 28.8 Å². The second-order valence-electron chi connectivity index (χ2n) is 3.92. The highest BCUT2D eigenvalue weighted by Gasteiger charge is 2.29. The Kier molecular flexibility index (Phi) is 2.83. The molecule has 0 bridgehead atoms. The number of benzene rings is 1. The summed E-state index contributed by atoms with van der Waals surface area (Å²) in [5.41, 5.74) is 2.40. The molecule has 0 aromatic heterocycles. The normalized spacial score (nSPS) is 18.9. The smallest absolute Gasteiger partial charge is 0.342 e. The highest BCUT2D eigenvalue weighted by molar-refractivity contribution is 5.95. The second-order valence-corrected chi connectivity index (χ2v) is 3.92. The van der Waals surface area contributed by atoms with Crippen molar-refractivity contribution in [2.24, 2.45) is 0 Å². The molecule has 1 unspecified atom stereocenters. The number of rotatable bonds is 2. The Hall–Kier alpha value is -1.55. The number of aliphatic hydroxyl groups is 1. The van der Waals surface area contributed by atoms with Gasteiger partial charge in [0.2, 0.25) is 0 Å². The van der Waals surface area contributed by atoms with Gasteiger partial charge in [0.25, 0.3) is 0 Å². The summed E-state index contributed by atoms with van der Waals surface area (Å²) in [6.07, 6.45) is 0.0989. The molecule has 0 amide bonds. The lowest BCUT2D eigenvalue weighted by Gasteiger charge is -2.24. The Morgan fingerprint density at radius 2 is 2.31 bits per heavy atom. The zero-order valence-corrected chi connectivity index (χ0v) is 9.32. The number of fused-ring (bicyclic) bond motifs is 1. The minimum absolute atomic E-state index is 0.151. The lowest BCUT2D eigenvalue weighted by atomic mass is 9.96. The molecule has 1 aromatic carbocycles. The molecule has 4 heteroatoms. The number of cyclic esters (lactones) is 1. The van der Waals surface area contributed by atoms with Crippen LogP contribution in [0.4, 0.5) is 0 Å². The monoisotopic (exact) mass is 222 g/mol. The molecule has 1 aromatic rings. The van der Waals surface area contributed by atoms with Gasteiger partial charge in [-0.1, -0.05) is 6.07 Å². The van der Waals surface area contributed by atoms with Crippen LogP contribution < -0.4 is 4.74 Å². The first-order valence-electron chi connectivity index (χ1n) is 5.15. The van der Waals surface area contributed by atoms with Crippen molar-refractivity contribution in [3.8, 4) is 5.75 Å². The van der Waals surface area contributed by atoms with Gasteiger partial charge < -0.3 is 14.6 Å². The molecule has 1 aliphatic heterocycles.